The van der Waals surface area contributed by atoms with E-state index in [0.717, 1.165) is 53.0 Å². The Morgan fingerprint density at radius 2 is 2.11 bits per heavy atom. The number of rotatable bonds is 7. The van der Waals surface area contributed by atoms with E-state index in [9.17, 15) is 4.79 Å². The van der Waals surface area contributed by atoms with Gasteiger partial charge in [0.25, 0.3) is 5.56 Å². The van der Waals surface area contributed by atoms with Crippen LogP contribution >= 0.6 is 11.3 Å². The van der Waals surface area contributed by atoms with Crippen LogP contribution in [0.5, 0.6) is 11.5 Å². The first-order valence-electron chi connectivity index (χ1n) is 9.82. The van der Waals surface area contributed by atoms with Crippen molar-refractivity contribution in [2.24, 2.45) is 0 Å². The lowest BCUT2D eigenvalue weighted by molar-refractivity contribution is 0.276. The van der Waals surface area contributed by atoms with Crippen LogP contribution in [0.3, 0.4) is 0 Å². The molecule has 4 rings (SSSR count). The molecule has 28 heavy (non-hydrogen) atoms. The molecule has 1 aliphatic carbocycles. The number of nitrogens with zero attached hydrogens (tertiary/aromatic N) is 1. The molecule has 2 aromatic heterocycles. The third kappa shape index (κ3) is 3.56. The number of para-hydroxylation sites is 1. The Morgan fingerprint density at radius 1 is 1.21 bits per heavy atom. The molecular weight excluding hydrogens is 372 g/mol. The number of fused-ring (bicyclic) bond motifs is 3. The Labute approximate surface area is 168 Å². The van der Waals surface area contributed by atoms with Crippen molar-refractivity contribution in [3.8, 4) is 11.5 Å². The second kappa shape index (κ2) is 8.19. The number of hydrogen-bond acceptors (Lipinski definition) is 5. The molecule has 0 atom stereocenters. The number of aromatic amines is 1. The first-order chi connectivity index (χ1) is 13.7. The van der Waals surface area contributed by atoms with Gasteiger partial charge in [0.2, 0.25) is 0 Å². The predicted molar refractivity (Wildman–Crippen MR) is 115 cm³/mol. The van der Waals surface area contributed by atoms with Crippen LogP contribution in [0.4, 0.5) is 0 Å². The summed E-state index contributed by atoms with van der Waals surface area (Å²) in [5.41, 5.74) is 2.05. The van der Waals surface area contributed by atoms with Crippen LogP contribution in [0.2, 0.25) is 0 Å². The second-order valence-corrected chi connectivity index (χ2v) is 7.86. The summed E-state index contributed by atoms with van der Waals surface area (Å²) < 4.78 is 11.6. The molecule has 6 heteroatoms. The highest BCUT2D eigenvalue weighted by molar-refractivity contribution is 7.18. The van der Waals surface area contributed by atoms with E-state index in [-0.39, 0.29) is 5.56 Å². The summed E-state index contributed by atoms with van der Waals surface area (Å²) in [6.45, 7) is 5.21. The zero-order valence-corrected chi connectivity index (χ0v) is 17.0. The van der Waals surface area contributed by atoms with Gasteiger partial charge in [-0.15, -0.1) is 11.3 Å². The largest absolute Gasteiger partial charge is 0.490 e. The summed E-state index contributed by atoms with van der Waals surface area (Å²) in [6, 6.07) is 5.82. The zero-order valence-electron chi connectivity index (χ0n) is 16.2. The molecule has 0 fully saturated rings. The fraction of sp³-hybridized carbons (Fsp3) is 0.364. The fourth-order valence-electron chi connectivity index (χ4n) is 3.56. The van der Waals surface area contributed by atoms with Gasteiger partial charge in [-0.2, -0.15) is 0 Å². The van der Waals surface area contributed by atoms with E-state index >= 15 is 0 Å². The summed E-state index contributed by atoms with van der Waals surface area (Å²) in [5, 5.41) is 0.778. The van der Waals surface area contributed by atoms with Crippen LogP contribution in [0.25, 0.3) is 22.4 Å². The van der Waals surface area contributed by atoms with Gasteiger partial charge in [0, 0.05) is 10.4 Å². The van der Waals surface area contributed by atoms with Crippen molar-refractivity contribution in [2.45, 2.75) is 39.5 Å². The minimum absolute atomic E-state index is 0.0467. The van der Waals surface area contributed by atoms with E-state index < -0.39 is 0 Å². The smallest absolute Gasteiger partial charge is 0.260 e. The third-order valence-corrected chi connectivity index (χ3v) is 5.96. The van der Waals surface area contributed by atoms with Crippen LogP contribution in [-0.2, 0) is 12.8 Å². The van der Waals surface area contributed by atoms with Gasteiger partial charge < -0.3 is 14.5 Å². The normalized spacial score (nSPS) is 13.4. The quantitative estimate of drug-likeness (QED) is 0.621. The topological polar surface area (TPSA) is 64.2 Å². The number of nitrogens with one attached hydrogen (secondary N) is 1. The SMILES string of the molecule is CCCOc1c(/C=C/c2nc3sc4c(c3c(=O)[nH]2)CCC4)cccc1OCC. The van der Waals surface area contributed by atoms with E-state index in [4.69, 9.17) is 9.47 Å². The van der Waals surface area contributed by atoms with Crippen LogP contribution in [-0.4, -0.2) is 23.2 Å². The van der Waals surface area contributed by atoms with Crippen molar-refractivity contribution in [3.63, 3.8) is 0 Å². The maximum atomic E-state index is 12.6. The Balaban J connectivity index is 1.69. The van der Waals surface area contributed by atoms with E-state index in [1.54, 1.807) is 11.3 Å². The summed E-state index contributed by atoms with van der Waals surface area (Å²) in [4.78, 5) is 22.3. The molecule has 1 aromatic carbocycles. The molecule has 0 amide bonds. The molecule has 0 saturated carbocycles. The van der Waals surface area contributed by atoms with E-state index in [0.29, 0.717) is 19.0 Å². The van der Waals surface area contributed by atoms with Gasteiger partial charge in [-0.3, -0.25) is 4.79 Å². The molecule has 0 spiro atoms. The number of thiophene rings is 1. The predicted octanol–water partition coefficient (Wildman–Crippen LogP) is 4.83. The number of hydrogen-bond donors (Lipinski definition) is 1. The monoisotopic (exact) mass is 396 g/mol. The Morgan fingerprint density at radius 3 is 2.93 bits per heavy atom. The average Bonchev–Trinajstić information content (AvgIpc) is 3.26. The maximum absolute atomic E-state index is 12.6. The highest BCUT2D eigenvalue weighted by Gasteiger charge is 2.20. The Kier molecular flexibility index (Phi) is 5.48. The van der Waals surface area contributed by atoms with Crippen LogP contribution in [0.1, 0.15) is 48.5 Å². The highest BCUT2D eigenvalue weighted by Crippen LogP contribution is 2.35. The number of H-pyrrole nitrogens is 1. The lowest BCUT2D eigenvalue weighted by Gasteiger charge is -2.13. The zero-order chi connectivity index (χ0) is 19.5. The minimum Gasteiger partial charge on any atom is -0.490 e. The third-order valence-electron chi connectivity index (χ3n) is 4.77. The van der Waals surface area contributed by atoms with Crippen molar-refractivity contribution in [2.75, 3.05) is 13.2 Å². The molecule has 146 valence electrons. The number of ether oxygens (including phenoxy) is 2. The standard InChI is InChI=1S/C22H24N2O3S/c1-3-13-27-20-14(7-5-9-16(20)26-4-2)11-12-18-23-21(25)19-15-8-6-10-17(15)28-22(19)24-18/h5,7,9,11-12H,3-4,6,8,10,13H2,1-2H3,(H,23,24,25)/b12-11+. The molecule has 1 N–H and O–H groups in total. The maximum Gasteiger partial charge on any atom is 0.260 e. The van der Waals surface area contributed by atoms with Gasteiger partial charge >= 0.3 is 0 Å². The van der Waals surface area contributed by atoms with Gasteiger partial charge in [-0.1, -0.05) is 19.1 Å². The van der Waals surface area contributed by atoms with E-state index in [1.165, 1.54) is 10.4 Å². The molecule has 0 aliphatic heterocycles. The summed E-state index contributed by atoms with van der Waals surface area (Å²) >= 11 is 1.65. The van der Waals surface area contributed by atoms with Crippen molar-refractivity contribution in [1.29, 1.82) is 0 Å². The molecule has 1 aliphatic rings. The molecule has 0 saturated heterocycles. The van der Waals surface area contributed by atoms with Gasteiger partial charge in [-0.25, -0.2) is 4.98 Å². The Bertz CT molecular complexity index is 1080. The lowest BCUT2D eigenvalue weighted by atomic mass is 10.1. The van der Waals surface area contributed by atoms with Crippen molar-refractivity contribution in [3.05, 3.63) is 50.4 Å². The molecule has 0 bridgehead atoms. The number of aromatic nitrogens is 2. The summed E-state index contributed by atoms with van der Waals surface area (Å²) in [5.74, 6) is 2.01. The van der Waals surface area contributed by atoms with Gasteiger partial charge in [0.1, 0.15) is 10.7 Å². The lowest BCUT2D eigenvalue weighted by Crippen LogP contribution is -2.09. The second-order valence-electron chi connectivity index (χ2n) is 6.78. The van der Waals surface area contributed by atoms with Crippen molar-refractivity contribution in [1.82, 2.24) is 9.97 Å². The molecule has 2 heterocycles. The summed E-state index contributed by atoms with van der Waals surface area (Å²) in [7, 11) is 0. The number of benzene rings is 1. The molecule has 5 nitrogen and oxygen atoms in total. The van der Waals surface area contributed by atoms with E-state index in [1.807, 2.05) is 37.3 Å². The van der Waals surface area contributed by atoms with Gasteiger partial charge in [-0.05, 0) is 56.4 Å². The van der Waals surface area contributed by atoms with Crippen LogP contribution < -0.4 is 15.0 Å². The average molecular weight is 397 g/mol. The molecular formula is C22H24N2O3S. The molecule has 0 unspecified atom stereocenters. The molecule has 3 aromatic rings. The van der Waals surface area contributed by atoms with Crippen molar-refractivity contribution < 1.29 is 9.47 Å². The fourth-order valence-corrected chi connectivity index (χ4v) is 4.83. The van der Waals surface area contributed by atoms with Crippen molar-refractivity contribution >= 4 is 33.7 Å². The highest BCUT2D eigenvalue weighted by atomic mass is 32.1. The molecule has 0 radical (unpaired) electrons. The van der Waals surface area contributed by atoms with Gasteiger partial charge in [0.05, 0.1) is 18.6 Å². The van der Waals surface area contributed by atoms with Crippen LogP contribution in [0.15, 0.2) is 23.0 Å². The first kappa shape index (κ1) is 18.7. The summed E-state index contributed by atoms with van der Waals surface area (Å²) in [6.07, 6.45) is 7.84. The first-order valence-corrected chi connectivity index (χ1v) is 10.6. The van der Waals surface area contributed by atoms with Gasteiger partial charge in [0.15, 0.2) is 11.5 Å². The van der Waals surface area contributed by atoms with Crippen LogP contribution in [0, 0.1) is 0 Å². The van der Waals surface area contributed by atoms with E-state index in [2.05, 4.69) is 16.9 Å². The minimum atomic E-state index is -0.0467. The number of aryl methyl sites for hydroxylation is 2. The Hall–Kier alpha value is -2.60.